The van der Waals surface area contributed by atoms with Crippen LogP contribution in [0.2, 0.25) is 0 Å². The van der Waals surface area contributed by atoms with Crippen LogP contribution in [0.4, 0.5) is 0 Å². The number of halogens is 1. The molecule has 0 saturated carbocycles. The minimum absolute atomic E-state index is 0.161. The fourth-order valence-corrected chi connectivity index (χ4v) is 3.52. The number of hydrogen-bond donors (Lipinski definition) is 1. The van der Waals surface area contributed by atoms with Crippen molar-refractivity contribution in [3.8, 4) is 0 Å². The predicted molar refractivity (Wildman–Crippen MR) is 92.8 cm³/mol. The molecular weight excluding hydrogens is 350 g/mol. The Morgan fingerprint density at radius 1 is 1.38 bits per heavy atom. The van der Waals surface area contributed by atoms with Crippen LogP contribution in [0.15, 0.2) is 33.6 Å². The number of carbonyl (C=O) groups is 1. The summed E-state index contributed by atoms with van der Waals surface area (Å²) in [5.41, 5.74) is -0.575. The van der Waals surface area contributed by atoms with E-state index in [1.165, 1.54) is 4.90 Å². The molecular formula is C16H24BrNO2S. The number of benzene rings is 1. The van der Waals surface area contributed by atoms with E-state index in [2.05, 4.69) is 33.4 Å². The van der Waals surface area contributed by atoms with Gasteiger partial charge >= 0.3 is 5.97 Å². The topological polar surface area (TPSA) is 38.3 Å². The Morgan fingerprint density at radius 3 is 2.71 bits per heavy atom. The zero-order chi connectivity index (χ0) is 15.7. The van der Waals surface area contributed by atoms with Crippen molar-refractivity contribution in [3.05, 3.63) is 28.7 Å². The summed E-state index contributed by atoms with van der Waals surface area (Å²) < 4.78 is 6.27. The van der Waals surface area contributed by atoms with Gasteiger partial charge in [-0.05, 0) is 67.6 Å². The molecule has 1 unspecified atom stereocenters. The van der Waals surface area contributed by atoms with E-state index in [0.717, 1.165) is 29.5 Å². The molecule has 0 fully saturated rings. The van der Waals surface area contributed by atoms with Crippen LogP contribution in [-0.4, -0.2) is 30.9 Å². The predicted octanol–water partition coefficient (Wildman–Crippen LogP) is 4.25. The molecule has 5 heteroatoms. The van der Waals surface area contributed by atoms with Gasteiger partial charge in [0.15, 0.2) is 0 Å². The molecule has 0 aliphatic carbocycles. The maximum absolute atomic E-state index is 11.9. The van der Waals surface area contributed by atoms with Gasteiger partial charge in [0.1, 0.15) is 5.54 Å². The molecule has 0 bridgehead atoms. The van der Waals surface area contributed by atoms with Crippen LogP contribution in [0.25, 0.3) is 0 Å². The third kappa shape index (κ3) is 6.01. The molecule has 1 aromatic rings. The number of rotatable bonds is 9. The highest BCUT2D eigenvalue weighted by molar-refractivity contribution is 9.10. The summed E-state index contributed by atoms with van der Waals surface area (Å²) in [5, 5.41) is 3.09. The quantitative estimate of drug-likeness (QED) is 0.398. The van der Waals surface area contributed by atoms with Gasteiger partial charge < -0.3 is 10.1 Å². The zero-order valence-electron chi connectivity index (χ0n) is 12.9. The first-order valence-corrected chi connectivity index (χ1v) is 9.05. The van der Waals surface area contributed by atoms with Crippen molar-refractivity contribution in [2.24, 2.45) is 0 Å². The van der Waals surface area contributed by atoms with Crippen LogP contribution < -0.4 is 5.32 Å². The first-order chi connectivity index (χ1) is 10.0. The molecule has 21 heavy (non-hydrogen) atoms. The molecule has 0 aromatic heterocycles. The number of thioether (sulfide) groups is 1. The molecule has 0 spiro atoms. The molecule has 1 aromatic carbocycles. The van der Waals surface area contributed by atoms with E-state index >= 15 is 0 Å². The van der Waals surface area contributed by atoms with Gasteiger partial charge in [-0.2, -0.15) is 0 Å². The summed E-state index contributed by atoms with van der Waals surface area (Å²) >= 11 is 5.39. The maximum atomic E-state index is 11.9. The van der Waals surface area contributed by atoms with Crippen LogP contribution >= 0.6 is 27.7 Å². The standard InChI is InChI=1S/C16H24BrNO2S/c1-4-20-15(19)16(2,18-3)11-7-8-12-21-14-10-6-5-9-13(14)17/h5-6,9-10,18H,4,7-8,11-12H2,1-3H3. The second-order valence-electron chi connectivity index (χ2n) is 5.04. The van der Waals surface area contributed by atoms with Crippen molar-refractivity contribution >= 4 is 33.7 Å². The average Bonchev–Trinajstić information content (AvgIpc) is 2.48. The number of nitrogens with one attached hydrogen (secondary N) is 1. The third-order valence-electron chi connectivity index (χ3n) is 3.44. The molecule has 1 N–H and O–H groups in total. The van der Waals surface area contributed by atoms with Crippen LogP contribution in [0.1, 0.15) is 33.1 Å². The number of likely N-dealkylation sites (N-methyl/N-ethyl adjacent to an activating group) is 1. The second kappa shape index (κ2) is 9.49. The zero-order valence-corrected chi connectivity index (χ0v) is 15.4. The molecule has 1 atom stereocenters. The molecule has 0 saturated heterocycles. The van der Waals surface area contributed by atoms with Crippen LogP contribution in [-0.2, 0) is 9.53 Å². The van der Waals surface area contributed by atoms with Gasteiger partial charge in [0.2, 0.25) is 0 Å². The molecule has 0 heterocycles. The lowest BCUT2D eigenvalue weighted by molar-refractivity contribution is -0.150. The molecule has 0 aliphatic heterocycles. The summed E-state index contributed by atoms with van der Waals surface area (Å²) in [6.45, 7) is 4.17. The van der Waals surface area contributed by atoms with Crippen molar-refractivity contribution in [1.82, 2.24) is 5.32 Å². The lowest BCUT2D eigenvalue weighted by atomic mass is 9.95. The summed E-state index contributed by atoms with van der Waals surface area (Å²) in [7, 11) is 1.81. The lowest BCUT2D eigenvalue weighted by Gasteiger charge is -2.26. The Morgan fingerprint density at radius 2 is 2.10 bits per heavy atom. The third-order valence-corrected chi connectivity index (χ3v) is 5.56. The normalized spacial score (nSPS) is 13.7. The monoisotopic (exact) mass is 373 g/mol. The van der Waals surface area contributed by atoms with Gasteiger partial charge in [-0.1, -0.05) is 18.6 Å². The number of ether oxygens (including phenoxy) is 1. The van der Waals surface area contributed by atoms with Crippen molar-refractivity contribution in [3.63, 3.8) is 0 Å². The Kier molecular flexibility index (Phi) is 8.37. The van der Waals surface area contributed by atoms with Crippen LogP contribution in [0.5, 0.6) is 0 Å². The fourth-order valence-electron chi connectivity index (χ4n) is 1.94. The van der Waals surface area contributed by atoms with E-state index < -0.39 is 5.54 Å². The van der Waals surface area contributed by atoms with E-state index in [4.69, 9.17) is 4.74 Å². The van der Waals surface area contributed by atoms with Gasteiger partial charge in [-0.25, -0.2) is 0 Å². The summed E-state index contributed by atoms with van der Waals surface area (Å²) in [5.74, 6) is 0.886. The summed E-state index contributed by atoms with van der Waals surface area (Å²) in [6, 6.07) is 8.24. The van der Waals surface area contributed by atoms with E-state index in [-0.39, 0.29) is 5.97 Å². The smallest absolute Gasteiger partial charge is 0.326 e. The minimum atomic E-state index is -0.575. The molecule has 118 valence electrons. The molecule has 0 aliphatic rings. The maximum Gasteiger partial charge on any atom is 0.326 e. The second-order valence-corrected chi connectivity index (χ2v) is 7.03. The Hall–Kier alpha value is -0.520. The van der Waals surface area contributed by atoms with Gasteiger partial charge in [-0.15, -0.1) is 11.8 Å². The fraction of sp³-hybridized carbons (Fsp3) is 0.562. The first kappa shape index (κ1) is 18.5. The molecule has 0 amide bonds. The molecule has 3 nitrogen and oxygen atoms in total. The van der Waals surface area contributed by atoms with Crippen molar-refractivity contribution in [2.75, 3.05) is 19.4 Å². The van der Waals surface area contributed by atoms with Crippen molar-refractivity contribution < 1.29 is 9.53 Å². The van der Waals surface area contributed by atoms with Crippen molar-refractivity contribution in [2.45, 2.75) is 43.5 Å². The largest absolute Gasteiger partial charge is 0.465 e. The Labute approximate surface area is 140 Å². The number of carbonyl (C=O) groups excluding carboxylic acids is 1. The van der Waals surface area contributed by atoms with Gasteiger partial charge in [0.05, 0.1) is 6.61 Å². The molecule has 0 radical (unpaired) electrons. The number of unbranched alkanes of at least 4 members (excludes halogenated alkanes) is 1. The SMILES string of the molecule is CCOC(=O)C(C)(CCCCSc1ccccc1Br)NC. The van der Waals surface area contributed by atoms with Crippen molar-refractivity contribution in [1.29, 1.82) is 0 Å². The number of hydrogen-bond acceptors (Lipinski definition) is 4. The Balaban J connectivity index is 2.32. The lowest BCUT2D eigenvalue weighted by Crippen LogP contribution is -2.48. The van der Waals surface area contributed by atoms with E-state index in [9.17, 15) is 4.79 Å². The molecule has 1 rings (SSSR count). The van der Waals surface area contributed by atoms with Crippen LogP contribution in [0, 0.1) is 0 Å². The van der Waals surface area contributed by atoms with Gasteiger partial charge in [-0.3, -0.25) is 4.79 Å². The van der Waals surface area contributed by atoms with E-state index in [0.29, 0.717) is 6.61 Å². The summed E-state index contributed by atoms with van der Waals surface area (Å²) in [4.78, 5) is 13.2. The first-order valence-electron chi connectivity index (χ1n) is 7.27. The van der Waals surface area contributed by atoms with Gasteiger partial charge in [0, 0.05) is 9.37 Å². The Bertz CT molecular complexity index is 456. The minimum Gasteiger partial charge on any atom is -0.465 e. The highest BCUT2D eigenvalue weighted by Gasteiger charge is 2.32. The van der Waals surface area contributed by atoms with Gasteiger partial charge in [0.25, 0.3) is 0 Å². The van der Waals surface area contributed by atoms with Crippen LogP contribution in [0.3, 0.4) is 0 Å². The summed E-state index contributed by atoms with van der Waals surface area (Å²) in [6.07, 6.45) is 2.86. The highest BCUT2D eigenvalue weighted by Crippen LogP contribution is 2.28. The highest BCUT2D eigenvalue weighted by atomic mass is 79.9. The van der Waals surface area contributed by atoms with E-state index in [1.807, 2.05) is 44.8 Å². The van der Waals surface area contributed by atoms with E-state index in [1.54, 1.807) is 0 Å². The number of esters is 1. The average molecular weight is 374 g/mol.